The van der Waals surface area contributed by atoms with Gasteiger partial charge < -0.3 is 4.74 Å². The Labute approximate surface area is 74.4 Å². The number of carbonyl (C=O) groups excluding carboxylic acids is 2. The van der Waals surface area contributed by atoms with Crippen LogP contribution in [0.2, 0.25) is 0 Å². The summed E-state index contributed by atoms with van der Waals surface area (Å²) in [6.45, 7) is 0. The zero-order valence-corrected chi connectivity index (χ0v) is 8.01. The lowest BCUT2D eigenvalue weighted by atomic mass is 10.2. The van der Waals surface area contributed by atoms with Gasteiger partial charge in [0.1, 0.15) is 9.65 Å². The standard InChI is InChI=1S/C5H4Br2O3/c6-2-1-3(7)5(9)10-4(2)8/h2-3H,1H2. The summed E-state index contributed by atoms with van der Waals surface area (Å²) in [5.74, 6) is -0.999. The van der Waals surface area contributed by atoms with E-state index in [2.05, 4.69) is 36.6 Å². The van der Waals surface area contributed by atoms with Crippen LogP contribution >= 0.6 is 31.9 Å². The van der Waals surface area contributed by atoms with Crippen molar-refractivity contribution in [1.29, 1.82) is 0 Å². The Hall–Kier alpha value is 0.1000. The molecule has 0 aromatic heterocycles. The van der Waals surface area contributed by atoms with E-state index in [1.54, 1.807) is 0 Å². The van der Waals surface area contributed by atoms with Crippen LogP contribution in [0.5, 0.6) is 0 Å². The number of esters is 2. The van der Waals surface area contributed by atoms with Crippen molar-refractivity contribution < 1.29 is 14.3 Å². The van der Waals surface area contributed by atoms with Crippen molar-refractivity contribution in [3.63, 3.8) is 0 Å². The number of hydrogen-bond acceptors (Lipinski definition) is 3. The molecule has 0 amide bonds. The van der Waals surface area contributed by atoms with E-state index in [9.17, 15) is 9.59 Å². The third-order valence-electron chi connectivity index (χ3n) is 1.13. The fourth-order valence-corrected chi connectivity index (χ4v) is 2.04. The third kappa shape index (κ3) is 1.58. The smallest absolute Gasteiger partial charge is 0.327 e. The highest BCUT2D eigenvalue weighted by Gasteiger charge is 2.33. The molecule has 3 nitrogen and oxygen atoms in total. The summed E-state index contributed by atoms with van der Waals surface area (Å²) in [7, 11) is 0. The molecule has 2 atom stereocenters. The number of carbonyl (C=O) groups is 2. The van der Waals surface area contributed by atoms with Crippen LogP contribution in [-0.4, -0.2) is 21.6 Å². The van der Waals surface area contributed by atoms with Gasteiger partial charge in [-0.25, -0.2) is 0 Å². The Kier molecular flexibility index (Phi) is 2.46. The molecule has 1 aliphatic rings. The molecule has 0 aromatic rings. The maximum absolute atomic E-state index is 10.6. The number of cyclic esters (lactones) is 2. The van der Waals surface area contributed by atoms with E-state index in [1.165, 1.54) is 0 Å². The van der Waals surface area contributed by atoms with Gasteiger partial charge in [0.25, 0.3) is 0 Å². The van der Waals surface area contributed by atoms with E-state index in [-0.39, 0.29) is 9.65 Å². The fraction of sp³-hybridized carbons (Fsp3) is 0.600. The molecule has 1 heterocycles. The van der Waals surface area contributed by atoms with Crippen molar-refractivity contribution in [1.82, 2.24) is 0 Å². The second-order valence-corrected chi connectivity index (χ2v) is 4.12. The van der Waals surface area contributed by atoms with E-state index in [0.717, 1.165) is 0 Å². The van der Waals surface area contributed by atoms with E-state index in [0.29, 0.717) is 6.42 Å². The van der Waals surface area contributed by atoms with E-state index >= 15 is 0 Å². The van der Waals surface area contributed by atoms with Crippen LogP contribution in [0.15, 0.2) is 0 Å². The van der Waals surface area contributed by atoms with Crippen molar-refractivity contribution in [2.24, 2.45) is 0 Å². The van der Waals surface area contributed by atoms with Gasteiger partial charge in [-0.05, 0) is 6.42 Å². The number of ether oxygens (including phenoxy) is 1. The largest absolute Gasteiger partial charge is 0.391 e. The summed E-state index contributed by atoms with van der Waals surface area (Å²) in [5.41, 5.74) is 0. The molecular formula is C5H4Br2O3. The van der Waals surface area contributed by atoms with Gasteiger partial charge in [-0.1, -0.05) is 31.9 Å². The number of rotatable bonds is 0. The molecule has 1 saturated heterocycles. The minimum atomic E-state index is -0.499. The van der Waals surface area contributed by atoms with Gasteiger partial charge in [-0.2, -0.15) is 0 Å². The van der Waals surface area contributed by atoms with Crippen molar-refractivity contribution in [2.75, 3.05) is 0 Å². The summed E-state index contributed by atoms with van der Waals surface area (Å²) in [6.07, 6.45) is 0.456. The molecule has 0 N–H and O–H groups in total. The van der Waals surface area contributed by atoms with Gasteiger partial charge in [0.2, 0.25) is 0 Å². The Balaban J connectivity index is 2.63. The minimum Gasteiger partial charge on any atom is -0.391 e. The zero-order chi connectivity index (χ0) is 7.72. The predicted octanol–water partition coefficient (Wildman–Crippen LogP) is 0.987. The molecule has 0 saturated carbocycles. The number of hydrogen-bond donors (Lipinski definition) is 0. The van der Waals surface area contributed by atoms with Gasteiger partial charge >= 0.3 is 11.9 Å². The molecule has 56 valence electrons. The molecular weight excluding hydrogens is 268 g/mol. The van der Waals surface area contributed by atoms with Crippen molar-refractivity contribution >= 4 is 43.8 Å². The van der Waals surface area contributed by atoms with Crippen LogP contribution in [0.25, 0.3) is 0 Å². The summed E-state index contributed by atoms with van der Waals surface area (Å²) in [4.78, 5) is 20.6. The van der Waals surface area contributed by atoms with Gasteiger partial charge in [-0.15, -0.1) is 0 Å². The molecule has 0 aliphatic carbocycles. The van der Waals surface area contributed by atoms with Gasteiger partial charge in [-0.3, -0.25) is 9.59 Å². The van der Waals surface area contributed by atoms with Crippen LogP contribution in [0.1, 0.15) is 6.42 Å². The quantitative estimate of drug-likeness (QED) is 0.375. The highest BCUT2D eigenvalue weighted by Crippen LogP contribution is 2.22. The van der Waals surface area contributed by atoms with Crippen LogP contribution in [0, 0.1) is 0 Å². The zero-order valence-electron chi connectivity index (χ0n) is 4.84. The molecule has 0 bridgehead atoms. The highest BCUT2D eigenvalue weighted by atomic mass is 79.9. The lowest BCUT2D eigenvalue weighted by molar-refractivity contribution is -0.161. The number of halogens is 2. The summed E-state index contributed by atoms with van der Waals surface area (Å²) < 4.78 is 4.34. The van der Waals surface area contributed by atoms with Gasteiger partial charge in [0.15, 0.2) is 0 Å². The Morgan fingerprint density at radius 3 is 1.90 bits per heavy atom. The second-order valence-electron chi connectivity index (χ2n) is 1.91. The lowest BCUT2D eigenvalue weighted by Crippen LogP contribution is -2.35. The first-order chi connectivity index (χ1) is 4.61. The molecule has 0 aromatic carbocycles. The highest BCUT2D eigenvalue weighted by molar-refractivity contribution is 9.10. The maximum atomic E-state index is 10.6. The van der Waals surface area contributed by atoms with Gasteiger partial charge in [0, 0.05) is 0 Å². The Morgan fingerprint density at radius 2 is 1.60 bits per heavy atom. The molecule has 2 unspecified atom stereocenters. The van der Waals surface area contributed by atoms with Crippen LogP contribution in [0.4, 0.5) is 0 Å². The SMILES string of the molecule is O=C1OC(=O)C(Br)CC1Br. The second kappa shape index (κ2) is 3.00. The van der Waals surface area contributed by atoms with E-state index in [1.807, 2.05) is 0 Å². The Bertz CT molecular complexity index is 162. The summed E-state index contributed by atoms with van der Waals surface area (Å²) in [6, 6.07) is 0. The summed E-state index contributed by atoms with van der Waals surface area (Å²) >= 11 is 6.13. The molecule has 10 heavy (non-hydrogen) atoms. The van der Waals surface area contributed by atoms with Crippen LogP contribution in [-0.2, 0) is 14.3 Å². The average Bonchev–Trinajstić information content (AvgIpc) is 1.84. The molecule has 1 aliphatic heterocycles. The first kappa shape index (κ1) is 8.20. The van der Waals surface area contributed by atoms with Crippen LogP contribution < -0.4 is 0 Å². The normalized spacial score (nSPS) is 33.8. The van der Waals surface area contributed by atoms with Crippen molar-refractivity contribution in [2.45, 2.75) is 16.1 Å². The van der Waals surface area contributed by atoms with Crippen LogP contribution in [0.3, 0.4) is 0 Å². The first-order valence-corrected chi connectivity index (χ1v) is 4.48. The van der Waals surface area contributed by atoms with Crippen molar-refractivity contribution in [3.05, 3.63) is 0 Å². The maximum Gasteiger partial charge on any atom is 0.327 e. The Morgan fingerprint density at radius 1 is 1.20 bits per heavy atom. The van der Waals surface area contributed by atoms with E-state index < -0.39 is 11.9 Å². The molecule has 0 radical (unpaired) electrons. The average molecular weight is 272 g/mol. The summed E-state index contributed by atoms with van der Waals surface area (Å²) in [5, 5.41) is 0. The number of alkyl halides is 2. The molecule has 1 rings (SSSR count). The fourth-order valence-electron chi connectivity index (χ4n) is 0.601. The lowest BCUT2D eigenvalue weighted by Gasteiger charge is -2.17. The topological polar surface area (TPSA) is 43.4 Å². The van der Waals surface area contributed by atoms with E-state index in [4.69, 9.17) is 0 Å². The van der Waals surface area contributed by atoms with Gasteiger partial charge in [0.05, 0.1) is 0 Å². The predicted molar refractivity (Wildman–Crippen MR) is 41.1 cm³/mol. The molecule has 1 fully saturated rings. The molecule has 0 spiro atoms. The molecule has 5 heteroatoms. The van der Waals surface area contributed by atoms with Crippen molar-refractivity contribution in [3.8, 4) is 0 Å². The first-order valence-electron chi connectivity index (χ1n) is 2.65. The monoisotopic (exact) mass is 270 g/mol. The minimum absolute atomic E-state index is 0.352. The third-order valence-corrected chi connectivity index (χ3v) is 2.62.